The molecule has 2 rings (SSSR count). The maximum Gasteiger partial charge on any atom is 0.279 e. The van der Waals surface area contributed by atoms with Crippen molar-refractivity contribution < 1.29 is 14.0 Å². The molecule has 0 aliphatic carbocycles. The van der Waals surface area contributed by atoms with Crippen LogP contribution < -0.4 is 10.9 Å². The molecule has 0 atom stereocenters. The number of amides is 2. The van der Waals surface area contributed by atoms with Crippen LogP contribution in [0.5, 0.6) is 0 Å². The molecule has 18 heavy (non-hydrogen) atoms. The van der Waals surface area contributed by atoms with Crippen molar-refractivity contribution in [3.63, 3.8) is 0 Å². The van der Waals surface area contributed by atoms with Crippen molar-refractivity contribution in [2.75, 3.05) is 0 Å². The number of carbonyl (C=O) groups is 2. The van der Waals surface area contributed by atoms with Crippen molar-refractivity contribution in [3.05, 3.63) is 44.4 Å². The molecule has 0 aliphatic rings. The van der Waals surface area contributed by atoms with Crippen molar-refractivity contribution in [2.24, 2.45) is 0 Å². The zero-order valence-electron chi connectivity index (χ0n) is 9.32. The lowest BCUT2D eigenvalue weighted by Crippen LogP contribution is -2.41. The molecule has 2 amide bonds. The molecule has 0 bridgehead atoms. The van der Waals surface area contributed by atoms with Gasteiger partial charge in [0.05, 0.1) is 20.5 Å². The summed E-state index contributed by atoms with van der Waals surface area (Å²) in [7, 11) is 0. The number of aryl methyl sites for hydroxylation is 1. The molecule has 0 spiro atoms. The fourth-order valence-electron chi connectivity index (χ4n) is 1.30. The lowest BCUT2D eigenvalue weighted by Gasteiger charge is -2.05. The Hall–Kier alpha value is -1.60. The summed E-state index contributed by atoms with van der Waals surface area (Å²) in [5.74, 6) is -0.272. The molecule has 2 heterocycles. The number of hydrazine groups is 1. The van der Waals surface area contributed by atoms with Gasteiger partial charge >= 0.3 is 0 Å². The van der Waals surface area contributed by atoms with Crippen LogP contribution in [0.3, 0.4) is 0 Å². The third-order valence-corrected chi connectivity index (χ3v) is 3.81. The molecule has 0 aromatic carbocycles. The van der Waals surface area contributed by atoms with Crippen molar-refractivity contribution in [1.29, 1.82) is 0 Å². The molecule has 0 aliphatic heterocycles. The van der Waals surface area contributed by atoms with Gasteiger partial charge in [-0.1, -0.05) is 0 Å². The van der Waals surface area contributed by atoms with Gasteiger partial charge in [-0.15, -0.1) is 11.3 Å². The zero-order valence-corrected chi connectivity index (χ0v) is 11.7. The first-order chi connectivity index (χ1) is 8.58. The molecule has 0 unspecified atom stereocenters. The third kappa shape index (κ3) is 2.80. The van der Waals surface area contributed by atoms with Gasteiger partial charge in [0.1, 0.15) is 5.76 Å². The summed E-state index contributed by atoms with van der Waals surface area (Å²) in [6, 6.07) is 4.97. The number of hydrogen-bond donors (Lipinski definition) is 2. The van der Waals surface area contributed by atoms with Gasteiger partial charge in [-0.2, -0.15) is 0 Å². The minimum absolute atomic E-state index is 0.361. The average Bonchev–Trinajstić information content (AvgIpc) is 2.94. The highest BCUT2D eigenvalue weighted by Crippen LogP contribution is 2.21. The van der Waals surface area contributed by atoms with Crippen LogP contribution in [0.1, 0.15) is 25.8 Å². The number of halogens is 1. The van der Waals surface area contributed by atoms with E-state index in [9.17, 15) is 9.59 Å². The number of hydrogen-bond acceptors (Lipinski definition) is 4. The largest absolute Gasteiger partial charge is 0.469 e. The van der Waals surface area contributed by atoms with Gasteiger partial charge in [0.15, 0.2) is 0 Å². The van der Waals surface area contributed by atoms with Crippen LogP contribution in [-0.4, -0.2) is 11.8 Å². The minimum atomic E-state index is -0.412. The molecular weight excluding hydrogens is 320 g/mol. The first-order valence-electron chi connectivity index (χ1n) is 4.98. The third-order valence-electron chi connectivity index (χ3n) is 2.19. The summed E-state index contributed by atoms with van der Waals surface area (Å²) in [5.41, 5.74) is 5.05. The van der Waals surface area contributed by atoms with E-state index in [4.69, 9.17) is 4.42 Å². The average molecular weight is 329 g/mol. The Balaban J connectivity index is 1.94. The Morgan fingerprint density at radius 3 is 2.50 bits per heavy atom. The smallest absolute Gasteiger partial charge is 0.279 e. The van der Waals surface area contributed by atoms with Crippen LogP contribution in [0.15, 0.2) is 32.7 Å². The van der Waals surface area contributed by atoms with Crippen LogP contribution >= 0.6 is 27.3 Å². The Kier molecular flexibility index (Phi) is 3.83. The molecule has 0 fully saturated rings. The summed E-state index contributed by atoms with van der Waals surface area (Å²) >= 11 is 4.54. The Bertz CT molecular complexity index is 591. The Labute approximate surface area is 115 Å². The molecule has 0 saturated heterocycles. The molecule has 0 saturated carbocycles. The van der Waals surface area contributed by atoms with Crippen LogP contribution in [-0.2, 0) is 0 Å². The van der Waals surface area contributed by atoms with Gasteiger partial charge in [0.25, 0.3) is 11.8 Å². The predicted octanol–water partition coefficient (Wildman–Crippen LogP) is 2.49. The fraction of sp³-hybridized carbons (Fsp3) is 0.0909. The normalized spacial score (nSPS) is 10.1. The lowest BCUT2D eigenvalue weighted by molar-refractivity contribution is 0.0848. The number of furan rings is 1. The van der Waals surface area contributed by atoms with Gasteiger partial charge in [-0.05, 0) is 41.1 Å². The summed E-state index contributed by atoms with van der Waals surface area (Å²) in [4.78, 5) is 23.8. The Morgan fingerprint density at radius 1 is 1.22 bits per heavy atom. The molecule has 2 aromatic heterocycles. The van der Waals surface area contributed by atoms with Crippen molar-refractivity contribution in [3.8, 4) is 0 Å². The summed E-state index contributed by atoms with van der Waals surface area (Å²) in [5, 5.41) is 0. The number of carbonyl (C=O) groups excluding carboxylic acids is 2. The van der Waals surface area contributed by atoms with Crippen LogP contribution in [0.25, 0.3) is 0 Å². The highest BCUT2D eigenvalue weighted by atomic mass is 79.9. The van der Waals surface area contributed by atoms with E-state index < -0.39 is 5.91 Å². The van der Waals surface area contributed by atoms with E-state index in [1.165, 1.54) is 17.6 Å². The molecule has 2 aromatic rings. The predicted molar refractivity (Wildman–Crippen MR) is 70.4 cm³/mol. The highest BCUT2D eigenvalue weighted by molar-refractivity contribution is 9.11. The first kappa shape index (κ1) is 12.8. The topological polar surface area (TPSA) is 71.3 Å². The lowest BCUT2D eigenvalue weighted by atomic mass is 10.2. The van der Waals surface area contributed by atoms with Crippen LogP contribution in [0.2, 0.25) is 0 Å². The number of nitrogens with one attached hydrogen (secondary N) is 2. The zero-order chi connectivity index (χ0) is 13.1. The molecular formula is C11H9BrN2O3S. The molecule has 2 N–H and O–H groups in total. The van der Waals surface area contributed by atoms with E-state index >= 15 is 0 Å². The standard InChI is InChI=1S/C11H9BrN2O3S/c1-6-7(4-5-17-6)10(15)13-14-11(16)8-2-3-9(12)18-8/h2-5H,1H3,(H,13,15)(H,14,16). The molecule has 5 nitrogen and oxygen atoms in total. The molecule has 0 radical (unpaired) electrons. The van der Waals surface area contributed by atoms with Crippen LogP contribution in [0.4, 0.5) is 0 Å². The molecule has 7 heteroatoms. The maximum atomic E-state index is 11.7. The fourth-order valence-corrected chi connectivity index (χ4v) is 2.58. The van der Waals surface area contributed by atoms with Crippen LogP contribution in [0, 0.1) is 6.92 Å². The van der Waals surface area contributed by atoms with E-state index in [0.717, 1.165) is 3.79 Å². The van der Waals surface area contributed by atoms with Gasteiger partial charge in [-0.25, -0.2) is 0 Å². The quantitative estimate of drug-likeness (QED) is 0.832. The maximum absolute atomic E-state index is 11.7. The first-order valence-corrected chi connectivity index (χ1v) is 6.59. The second-order valence-corrected chi connectivity index (χ2v) is 5.87. The highest BCUT2D eigenvalue weighted by Gasteiger charge is 2.13. The van der Waals surface area contributed by atoms with E-state index in [-0.39, 0.29) is 5.91 Å². The monoisotopic (exact) mass is 328 g/mol. The SMILES string of the molecule is Cc1occc1C(=O)NNC(=O)c1ccc(Br)s1. The Morgan fingerprint density at radius 2 is 1.94 bits per heavy atom. The summed E-state index contributed by atoms with van der Waals surface area (Å²) in [6.07, 6.45) is 1.42. The van der Waals surface area contributed by atoms with E-state index in [2.05, 4.69) is 26.8 Å². The van der Waals surface area contributed by atoms with Crippen molar-refractivity contribution >= 4 is 39.1 Å². The van der Waals surface area contributed by atoms with Gasteiger partial charge in [0, 0.05) is 0 Å². The number of thiophene rings is 1. The van der Waals surface area contributed by atoms with E-state index in [1.54, 1.807) is 25.1 Å². The molecule has 94 valence electrons. The number of rotatable bonds is 2. The van der Waals surface area contributed by atoms with Gasteiger partial charge < -0.3 is 4.42 Å². The second kappa shape index (κ2) is 5.36. The minimum Gasteiger partial charge on any atom is -0.469 e. The van der Waals surface area contributed by atoms with Gasteiger partial charge in [-0.3, -0.25) is 20.4 Å². The second-order valence-electron chi connectivity index (χ2n) is 3.40. The summed E-state index contributed by atoms with van der Waals surface area (Å²) in [6.45, 7) is 1.67. The van der Waals surface area contributed by atoms with E-state index in [0.29, 0.717) is 16.2 Å². The van der Waals surface area contributed by atoms with Gasteiger partial charge in [0.2, 0.25) is 0 Å². The van der Waals surface area contributed by atoms with Crippen molar-refractivity contribution in [1.82, 2.24) is 10.9 Å². The summed E-state index contributed by atoms with van der Waals surface area (Å²) < 4.78 is 5.85. The van der Waals surface area contributed by atoms with Crippen molar-refractivity contribution in [2.45, 2.75) is 6.92 Å². The van der Waals surface area contributed by atoms with E-state index in [1.807, 2.05) is 0 Å².